The largest absolute Gasteiger partial charge is 0.348 e. The van der Waals surface area contributed by atoms with E-state index in [4.69, 9.17) is 0 Å². The molecule has 2 fully saturated rings. The van der Waals surface area contributed by atoms with Crippen molar-refractivity contribution < 1.29 is 9.18 Å². The van der Waals surface area contributed by atoms with E-state index in [1.165, 1.54) is 49.6 Å². The molecular formula is C20H24FN3OS. The fourth-order valence-corrected chi connectivity index (χ4v) is 5.32. The highest BCUT2D eigenvalue weighted by Crippen LogP contribution is 2.49. The summed E-state index contributed by atoms with van der Waals surface area (Å²) in [4.78, 5) is 17.3. The molecular weight excluding hydrogens is 349 g/mol. The van der Waals surface area contributed by atoms with Crippen LogP contribution >= 0.6 is 11.8 Å². The van der Waals surface area contributed by atoms with E-state index in [0.717, 1.165) is 17.5 Å². The van der Waals surface area contributed by atoms with Gasteiger partial charge in [0.2, 0.25) is 0 Å². The Balaban J connectivity index is 1.56. The number of fused-ring (bicyclic) bond motifs is 2. The number of carbonyl (C=O) groups is 1. The minimum atomic E-state index is -0.296. The average Bonchev–Trinajstić information content (AvgIpc) is 3.37. The first-order valence-electron chi connectivity index (χ1n) is 9.25. The average molecular weight is 373 g/mol. The van der Waals surface area contributed by atoms with E-state index in [2.05, 4.69) is 17.2 Å². The quantitative estimate of drug-likeness (QED) is 0.796. The summed E-state index contributed by atoms with van der Waals surface area (Å²) in [7, 11) is 0. The molecule has 1 aromatic carbocycles. The van der Waals surface area contributed by atoms with Gasteiger partial charge in [0.15, 0.2) is 5.16 Å². The lowest BCUT2D eigenvalue weighted by atomic mass is 9.84. The molecule has 0 spiro atoms. The van der Waals surface area contributed by atoms with Gasteiger partial charge in [0, 0.05) is 11.7 Å². The van der Waals surface area contributed by atoms with Gasteiger partial charge in [-0.15, -0.1) is 0 Å². The van der Waals surface area contributed by atoms with Crippen molar-refractivity contribution in [3.05, 3.63) is 42.0 Å². The maximum Gasteiger partial charge on any atom is 0.270 e. The van der Waals surface area contributed by atoms with Crippen LogP contribution in [-0.4, -0.2) is 27.8 Å². The van der Waals surface area contributed by atoms with Crippen molar-refractivity contribution in [2.24, 2.45) is 17.8 Å². The second kappa shape index (κ2) is 7.06. The van der Waals surface area contributed by atoms with E-state index in [-0.39, 0.29) is 17.8 Å². The first-order chi connectivity index (χ1) is 12.6. The molecule has 0 radical (unpaired) electrons. The van der Waals surface area contributed by atoms with Crippen molar-refractivity contribution in [1.82, 2.24) is 14.9 Å². The number of benzene rings is 1. The summed E-state index contributed by atoms with van der Waals surface area (Å²) < 4.78 is 15.1. The fraction of sp³-hybridized carbons (Fsp3) is 0.500. The summed E-state index contributed by atoms with van der Waals surface area (Å²) >= 11 is 1.46. The van der Waals surface area contributed by atoms with Gasteiger partial charge < -0.3 is 5.32 Å². The molecule has 138 valence electrons. The number of thioether (sulfide) groups is 1. The summed E-state index contributed by atoms with van der Waals surface area (Å²) in [6, 6.07) is 6.31. The lowest BCUT2D eigenvalue weighted by molar-refractivity contribution is 0.0907. The molecule has 4 rings (SSSR count). The minimum absolute atomic E-state index is 0.114. The topological polar surface area (TPSA) is 46.9 Å². The predicted molar refractivity (Wildman–Crippen MR) is 101 cm³/mol. The second-order valence-electron chi connectivity index (χ2n) is 7.54. The van der Waals surface area contributed by atoms with E-state index >= 15 is 0 Å². The van der Waals surface area contributed by atoms with Gasteiger partial charge in [-0.1, -0.05) is 18.2 Å². The highest BCUT2D eigenvalue weighted by atomic mass is 32.2. The van der Waals surface area contributed by atoms with Crippen LogP contribution in [-0.2, 0) is 0 Å². The monoisotopic (exact) mass is 373 g/mol. The summed E-state index contributed by atoms with van der Waals surface area (Å²) in [5.41, 5.74) is 1.24. The number of nitrogens with zero attached hydrogens (tertiary/aromatic N) is 2. The van der Waals surface area contributed by atoms with Gasteiger partial charge in [-0.3, -0.25) is 9.36 Å². The van der Waals surface area contributed by atoms with Crippen LogP contribution in [0, 0.1) is 23.6 Å². The van der Waals surface area contributed by atoms with Crippen LogP contribution < -0.4 is 5.32 Å². The van der Waals surface area contributed by atoms with Crippen LogP contribution in [0.5, 0.6) is 0 Å². The molecule has 1 heterocycles. The second-order valence-corrected chi connectivity index (χ2v) is 8.32. The number of imidazole rings is 1. The molecule has 2 aromatic rings. The van der Waals surface area contributed by atoms with Crippen LogP contribution in [0.1, 0.15) is 43.1 Å². The number of carbonyl (C=O) groups excluding carboxylic acids is 1. The number of rotatable bonds is 5. The lowest BCUT2D eigenvalue weighted by Gasteiger charge is -2.28. The lowest BCUT2D eigenvalue weighted by Crippen LogP contribution is -2.40. The van der Waals surface area contributed by atoms with Crippen molar-refractivity contribution in [3.8, 4) is 5.69 Å². The maximum absolute atomic E-state index is 13.3. The van der Waals surface area contributed by atoms with Crippen LogP contribution in [0.25, 0.3) is 5.69 Å². The van der Waals surface area contributed by atoms with Crippen molar-refractivity contribution in [2.45, 2.75) is 43.8 Å². The van der Waals surface area contributed by atoms with Gasteiger partial charge >= 0.3 is 0 Å². The SMILES string of the molecule is CSc1ncc(C(=O)N[C@@H](C)[C@H]2C[C@H]3CC[C@H]2C3)n1-c1ccc(F)cc1. The van der Waals surface area contributed by atoms with Crippen LogP contribution in [0.15, 0.2) is 35.6 Å². The molecule has 0 unspecified atom stereocenters. The first-order valence-corrected chi connectivity index (χ1v) is 10.5. The smallest absolute Gasteiger partial charge is 0.270 e. The summed E-state index contributed by atoms with van der Waals surface area (Å²) in [5, 5.41) is 3.92. The molecule has 0 saturated heterocycles. The number of amides is 1. The zero-order chi connectivity index (χ0) is 18.3. The van der Waals surface area contributed by atoms with Gasteiger partial charge in [-0.05, 0) is 74.5 Å². The van der Waals surface area contributed by atoms with Crippen LogP contribution in [0.4, 0.5) is 4.39 Å². The van der Waals surface area contributed by atoms with E-state index in [0.29, 0.717) is 16.8 Å². The normalized spacial score (nSPS) is 25.4. The van der Waals surface area contributed by atoms with Crippen LogP contribution in [0.3, 0.4) is 0 Å². The number of nitrogens with one attached hydrogen (secondary N) is 1. The number of halogens is 1. The predicted octanol–water partition coefficient (Wildman–Crippen LogP) is 4.29. The third-order valence-electron chi connectivity index (χ3n) is 6.02. The highest BCUT2D eigenvalue weighted by molar-refractivity contribution is 7.98. The standard InChI is InChI=1S/C20H24FN3OS/c1-12(17-10-13-3-4-14(17)9-13)23-19(25)18-11-22-20(26-2)24(18)16-7-5-15(21)6-8-16/h5-8,11-14,17H,3-4,9-10H2,1-2H3,(H,23,25)/t12-,13-,14-,17+/m0/s1. The Morgan fingerprint density at radius 2 is 2.08 bits per heavy atom. The van der Waals surface area contributed by atoms with E-state index in [1.807, 2.05) is 6.26 Å². The molecule has 4 nitrogen and oxygen atoms in total. The molecule has 1 amide bonds. The van der Waals surface area contributed by atoms with Gasteiger partial charge in [0.25, 0.3) is 5.91 Å². The molecule has 6 heteroatoms. The Kier molecular flexibility index (Phi) is 4.78. The first kappa shape index (κ1) is 17.6. The van der Waals surface area contributed by atoms with E-state index in [1.54, 1.807) is 22.9 Å². The van der Waals surface area contributed by atoms with Gasteiger partial charge in [0.05, 0.1) is 6.20 Å². The molecule has 1 N–H and O–H groups in total. The Morgan fingerprint density at radius 1 is 1.31 bits per heavy atom. The third kappa shape index (κ3) is 3.15. The molecule has 0 aliphatic heterocycles. The summed E-state index contributed by atoms with van der Waals surface area (Å²) in [5.74, 6) is 1.80. The molecule has 26 heavy (non-hydrogen) atoms. The minimum Gasteiger partial charge on any atom is -0.348 e. The maximum atomic E-state index is 13.3. The molecule has 4 atom stereocenters. The van der Waals surface area contributed by atoms with Crippen molar-refractivity contribution in [2.75, 3.05) is 6.26 Å². The molecule has 2 aliphatic rings. The molecule has 1 aromatic heterocycles. The molecule has 2 aliphatic carbocycles. The number of aromatic nitrogens is 2. The van der Waals surface area contributed by atoms with Crippen molar-refractivity contribution >= 4 is 17.7 Å². The van der Waals surface area contributed by atoms with Crippen molar-refractivity contribution in [1.29, 1.82) is 0 Å². The van der Waals surface area contributed by atoms with Crippen molar-refractivity contribution in [3.63, 3.8) is 0 Å². The zero-order valence-corrected chi connectivity index (χ0v) is 15.9. The van der Waals surface area contributed by atoms with Gasteiger partial charge in [-0.2, -0.15) is 0 Å². The fourth-order valence-electron chi connectivity index (χ4n) is 4.77. The Morgan fingerprint density at radius 3 is 2.69 bits per heavy atom. The van der Waals surface area contributed by atoms with Gasteiger partial charge in [-0.25, -0.2) is 9.37 Å². The van der Waals surface area contributed by atoms with Crippen LogP contribution in [0.2, 0.25) is 0 Å². The zero-order valence-electron chi connectivity index (χ0n) is 15.1. The number of hydrogen-bond acceptors (Lipinski definition) is 3. The summed E-state index contributed by atoms with van der Waals surface area (Å²) in [6.07, 6.45) is 8.75. The molecule has 2 saturated carbocycles. The Hall–Kier alpha value is -1.82. The Bertz CT molecular complexity index is 804. The van der Waals surface area contributed by atoms with Gasteiger partial charge in [0.1, 0.15) is 11.5 Å². The summed E-state index contributed by atoms with van der Waals surface area (Å²) in [6.45, 7) is 2.12. The van der Waals surface area contributed by atoms with E-state index < -0.39 is 0 Å². The molecule has 2 bridgehead atoms. The van der Waals surface area contributed by atoms with E-state index in [9.17, 15) is 9.18 Å². The Labute approximate surface area is 157 Å². The number of hydrogen-bond donors (Lipinski definition) is 1. The highest BCUT2D eigenvalue weighted by Gasteiger charge is 2.42. The third-order valence-corrected chi connectivity index (χ3v) is 6.68.